The summed E-state index contributed by atoms with van der Waals surface area (Å²) in [7, 11) is -2.63. The van der Waals surface area contributed by atoms with Gasteiger partial charge in [0.05, 0.1) is 8.07 Å². The molecule has 0 amide bonds. The van der Waals surface area contributed by atoms with Crippen LogP contribution in [0.25, 0.3) is 0 Å². The SMILES string of the molecule is CCCCCC(/C=C/CCCO[Si](C)(C)C(C)(C)C)[Si](C)(C)C. The van der Waals surface area contributed by atoms with Crippen LogP contribution in [0, 0.1) is 0 Å². The van der Waals surface area contributed by atoms with Crippen molar-refractivity contribution in [1.82, 2.24) is 0 Å². The maximum absolute atomic E-state index is 6.26. The lowest BCUT2D eigenvalue weighted by Gasteiger charge is -2.36. The minimum atomic E-state index is -1.56. The van der Waals surface area contributed by atoms with E-state index in [1.807, 2.05) is 0 Å². The van der Waals surface area contributed by atoms with Crippen molar-refractivity contribution in [2.75, 3.05) is 6.61 Å². The number of unbranched alkanes of at least 4 members (excludes halogenated alkanes) is 3. The molecule has 0 aromatic rings. The van der Waals surface area contributed by atoms with Crippen LogP contribution < -0.4 is 0 Å². The summed E-state index contributed by atoms with van der Waals surface area (Å²) in [5.41, 5.74) is 0.843. The maximum atomic E-state index is 6.26. The predicted molar refractivity (Wildman–Crippen MR) is 113 cm³/mol. The Labute approximate surface area is 149 Å². The molecular formula is C20H44OSi2. The summed E-state index contributed by atoms with van der Waals surface area (Å²) in [4.78, 5) is 0. The molecule has 0 aromatic carbocycles. The lowest BCUT2D eigenvalue weighted by molar-refractivity contribution is 0.283. The molecule has 1 unspecified atom stereocenters. The Morgan fingerprint density at radius 3 is 2.04 bits per heavy atom. The Bertz CT molecular complexity index is 335. The number of allylic oxidation sites excluding steroid dienone is 2. The first kappa shape index (κ1) is 23.1. The monoisotopic (exact) mass is 356 g/mol. The Balaban J connectivity index is 4.19. The average molecular weight is 357 g/mol. The predicted octanol–water partition coefficient (Wildman–Crippen LogP) is 7.63. The van der Waals surface area contributed by atoms with Gasteiger partial charge in [-0.25, -0.2) is 0 Å². The minimum absolute atomic E-state index is 0.324. The molecule has 0 saturated heterocycles. The van der Waals surface area contributed by atoms with Gasteiger partial charge < -0.3 is 4.43 Å². The smallest absolute Gasteiger partial charge is 0.191 e. The van der Waals surface area contributed by atoms with Crippen molar-refractivity contribution >= 4 is 16.4 Å². The largest absolute Gasteiger partial charge is 0.417 e. The average Bonchev–Trinajstić information content (AvgIpc) is 2.38. The van der Waals surface area contributed by atoms with Crippen molar-refractivity contribution in [3.8, 4) is 0 Å². The van der Waals surface area contributed by atoms with Gasteiger partial charge in [0, 0.05) is 6.61 Å². The van der Waals surface area contributed by atoms with E-state index in [4.69, 9.17) is 4.43 Å². The lowest BCUT2D eigenvalue weighted by Crippen LogP contribution is -2.40. The maximum Gasteiger partial charge on any atom is 0.191 e. The topological polar surface area (TPSA) is 9.23 Å². The van der Waals surface area contributed by atoms with E-state index in [0.29, 0.717) is 5.04 Å². The second-order valence-electron chi connectivity index (χ2n) is 9.65. The Kier molecular flexibility index (Phi) is 10.3. The van der Waals surface area contributed by atoms with Crippen LogP contribution in [-0.4, -0.2) is 23.0 Å². The Hall–Kier alpha value is 0.134. The number of hydrogen-bond acceptors (Lipinski definition) is 1. The minimum Gasteiger partial charge on any atom is -0.417 e. The fourth-order valence-corrected chi connectivity index (χ4v) is 5.31. The van der Waals surface area contributed by atoms with Gasteiger partial charge in [-0.05, 0) is 42.9 Å². The quantitative estimate of drug-likeness (QED) is 0.210. The molecular weight excluding hydrogens is 312 g/mol. The van der Waals surface area contributed by atoms with E-state index in [0.717, 1.165) is 18.6 Å². The molecule has 23 heavy (non-hydrogen) atoms. The van der Waals surface area contributed by atoms with Crippen LogP contribution in [0.15, 0.2) is 12.2 Å². The Morgan fingerprint density at radius 2 is 1.57 bits per heavy atom. The molecule has 1 atom stereocenters. The van der Waals surface area contributed by atoms with Crippen LogP contribution >= 0.6 is 0 Å². The molecule has 0 aromatic heterocycles. The van der Waals surface area contributed by atoms with Gasteiger partial charge in [-0.2, -0.15) is 0 Å². The van der Waals surface area contributed by atoms with Gasteiger partial charge in [0.1, 0.15) is 0 Å². The van der Waals surface area contributed by atoms with Gasteiger partial charge in [-0.1, -0.05) is 78.8 Å². The molecule has 138 valence electrons. The summed E-state index contributed by atoms with van der Waals surface area (Å²) in [5, 5.41) is 0.324. The van der Waals surface area contributed by atoms with Gasteiger partial charge in [0.2, 0.25) is 0 Å². The standard InChI is InChI=1S/C20H44OSi2/c1-10-11-13-16-19(22(5,6)7)17-14-12-15-18-21-23(8,9)20(2,3)4/h14,17,19H,10-13,15-16,18H2,1-9H3/b17-14+. The third-order valence-corrected chi connectivity index (χ3v) is 12.6. The zero-order valence-electron chi connectivity index (χ0n) is 17.6. The molecule has 0 bridgehead atoms. The highest BCUT2D eigenvalue weighted by Gasteiger charge is 2.36. The van der Waals surface area contributed by atoms with Crippen molar-refractivity contribution in [2.45, 2.75) is 110 Å². The van der Waals surface area contributed by atoms with E-state index < -0.39 is 16.4 Å². The highest BCUT2D eigenvalue weighted by Crippen LogP contribution is 2.36. The van der Waals surface area contributed by atoms with E-state index in [2.05, 4.69) is 72.6 Å². The molecule has 3 heteroatoms. The van der Waals surface area contributed by atoms with Crippen molar-refractivity contribution in [3.05, 3.63) is 12.2 Å². The van der Waals surface area contributed by atoms with Crippen molar-refractivity contribution in [3.63, 3.8) is 0 Å². The third-order valence-electron chi connectivity index (χ3n) is 5.38. The molecule has 0 aliphatic carbocycles. The zero-order chi connectivity index (χ0) is 18.1. The number of hydrogen-bond donors (Lipinski definition) is 0. The van der Waals surface area contributed by atoms with Gasteiger partial charge >= 0.3 is 0 Å². The summed E-state index contributed by atoms with van der Waals surface area (Å²) in [6.07, 6.45) is 12.8. The molecule has 0 radical (unpaired) electrons. The summed E-state index contributed by atoms with van der Waals surface area (Å²) in [6.45, 7) is 22.4. The van der Waals surface area contributed by atoms with Crippen molar-refractivity contribution in [2.24, 2.45) is 0 Å². The molecule has 1 nitrogen and oxygen atoms in total. The summed E-state index contributed by atoms with van der Waals surface area (Å²) in [5.74, 6) is 0. The molecule has 0 rings (SSSR count). The second-order valence-corrected chi connectivity index (χ2v) is 19.9. The molecule has 0 aliphatic rings. The fraction of sp³-hybridized carbons (Fsp3) is 0.900. The van der Waals surface area contributed by atoms with Crippen LogP contribution in [-0.2, 0) is 4.43 Å². The van der Waals surface area contributed by atoms with Crippen LogP contribution in [0.3, 0.4) is 0 Å². The van der Waals surface area contributed by atoms with E-state index in [-0.39, 0.29) is 0 Å². The highest BCUT2D eigenvalue weighted by atomic mass is 28.4. The van der Waals surface area contributed by atoms with E-state index in [9.17, 15) is 0 Å². The zero-order valence-corrected chi connectivity index (χ0v) is 19.6. The van der Waals surface area contributed by atoms with Gasteiger partial charge in [0.25, 0.3) is 0 Å². The van der Waals surface area contributed by atoms with Gasteiger partial charge in [-0.3, -0.25) is 0 Å². The van der Waals surface area contributed by atoms with Crippen molar-refractivity contribution in [1.29, 1.82) is 0 Å². The van der Waals surface area contributed by atoms with Crippen LogP contribution in [0.1, 0.15) is 66.2 Å². The third kappa shape index (κ3) is 9.88. The first-order chi connectivity index (χ1) is 10.4. The summed E-state index contributed by atoms with van der Waals surface area (Å²) >= 11 is 0. The first-order valence-corrected chi connectivity index (χ1v) is 16.2. The van der Waals surface area contributed by atoms with Crippen LogP contribution in [0.2, 0.25) is 43.3 Å². The molecule has 0 aliphatic heterocycles. The van der Waals surface area contributed by atoms with Crippen molar-refractivity contribution < 1.29 is 4.43 Å². The van der Waals surface area contributed by atoms with Gasteiger partial charge in [-0.15, -0.1) is 0 Å². The molecule has 0 saturated carbocycles. The number of rotatable bonds is 11. The Morgan fingerprint density at radius 1 is 0.957 bits per heavy atom. The molecule has 0 fully saturated rings. The van der Waals surface area contributed by atoms with E-state index >= 15 is 0 Å². The van der Waals surface area contributed by atoms with E-state index in [1.54, 1.807) is 0 Å². The van der Waals surface area contributed by atoms with Crippen LogP contribution in [0.4, 0.5) is 0 Å². The second kappa shape index (κ2) is 10.2. The highest BCUT2D eigenvalue weighted by molar-refractivity contribution is 6.78. The van der Waals surface area contributed by atoms with E-state index in [1.165, 1.54) is 32.1 Å². The normalized spacial score (nSPS) is 15.3. The molecule has 0 N–H and O–H groups in total. The summed E-state index contributed by atoms with van der Waals surface area (Å²) < 4.78 is 6.26. The molecule has 0 spiro atoms. The molecule has 0 heterocycles. The lowest BCUT2D eigenvalue weighted by atomic mass is 10.1. The van der Waals surface area contributed by atoms with Crippen LogP contribution in [0.5, 0.6) is 0 Å². The summed E-state index contributed by atoms with van der Waals surface area (Å²) in [6, 6.07) is 0. The fourth-order valence-electron chi connectivity index (χ4n) is 2.44. The van der Waals surface area contributed by atoms with Gasteiger partial charge in [0.15, 0.2) is 8.32 Å². The first-order valence-electron chi connectivity index (χ1n) is 9.72.